The van der Waals surface area contributed by atoms with Crippen LogP contribution in [0.3, 0.4) is 0 Å². The number of hydrogen-bond donors (Lipinski definition) is 1. The summed E-state index contributed by atoms with van der Waals surface area (Å²) >= 11 is 0. The van der Waals surface area contributed by atoms with Crippen molar-refractivity contribution in [2.45, 2.75) is 26.8 Å². The molecule has 112 valence electrons. The van der Waals surface area contributed by atoms with Crippen LogP contribution in [0.5, 0.6) is 0 Å². The van der Waals surface area contributed by atoms with E-state index in [0.29, 0.717) is 30.9 Å². The normalized spacial score (nSPS) is 10.6. The number of aromatic nitrogens is 3. The van der Waals surface area contributed by atoms with Gasteiger partial charge in [0.1, 0.15) is 5.69 Å². The minimum absolute atomic E-state index is 0.115. The van der Waals surface area contributed by atoms with Crippen molar-refractivity contribution in [3.63, 3.8) is 0 Å². The Balaban J connectivity index is 2.27. The van der Waals surface area contributed by atoms with E-state index >= 15 is 0 Å². The van der Waals surface area contributed by atoms with Crippen molar-refractivity contribution in [2.75, 3.05) is 12.3 Å². The van der Waals surface area contributed by atoms with E-state index in [1.165, 1.54) is 0 Å². The van der Waals surface area contributed by atoms with Crippen LogP contribution in [0.25, 0.3) is 0 Å². The Morgan fingerprint density at radius 3 is 2.67 bits per heavy atom. The van der Waals surface area contributed by atoms with Gasteiger partial charge < -0.3 is 10.6 Å². The molecule has 2 heterocycles. The molecule has 2 aromatic rings. The predicted octanol–water partition coefficient (Wildman–Crippen LogP) is 1.62. The third-order valence-electron chi connectivity index (χ3n) is 3.45. The van der Waals surface area contributed by atoms with Gasteiger partial charge in [0, 0.05) is 19.8 Å². The lowest BCUT2D eigenvalue weighted by Gasteiger charge is -2.20. The molecule has 0 unspecified atom stereocenters. The smallest absolute Gasteiger partial charge is 0.274 e. The van der Waals surface area contributed by atoms with Crippen molar-refractivity contribution in [1.29, 1.82) is 0 Å². The standard InChI is InChI=1S/C15H21N5O/c1-4-12-13(16)14(19(3)18-12)15(21)20(5-2)10-11-8-6-7-9-17-11/h6-9H,4-5,10,16H2,1-3H3. The van der Waals surface area contributed by atoms with Gasteiger partial charge in [0.2, 0.25) is 0 Å². The van der Waals surface area contributed by atoms with E-state index in [1.54, 1.807) is 22.8 Å². The van der Waals surface area contributed by atoms with Crippen molar-refractivity contribution in [2.24, 2.45) is 7.05 Å². The van der Waals surface area contributed by atoms with Gasteiger partial charge in [-0.3, -0.25) is 14.5 Å². The summed E-state index contributed by atoms with van der Waals surface area (Å²) in [4.78, 5) is 18.7. The molecule has 0 radical (unpaired) electrons. The van der Waals surface area contributed by atoms with Crippen LogP contribution >= 0.6 is 0 Å². The molecule has 0 saturated heterocycles. The largest absolute Gasteiger partial charge is 0.395 e. The summed E-state index contributed by atoms with van der Waals surface area (Å²) in [5, 5.41) is 4.30. The highest BCUT2D eigenvalue weighted by molar-refractivity contribution is 5.98. The quantitative estimate of drug-likeness (QED) is 0.906. The SMILES string of the molecule is CCc1nn(C)c(C(=O)N(CC)Cc2ccccn2)c1N. The summed E-state index contributed by atoms with van der Waals surface area (Å²) in [6.07, 6.45) is 2.43. The summed E-state index contributed by atoms with van der Waals surface area (Å²) < 4.78 is 1.57. The molecule has 6 heteroatoms. The number of carbonyl (C=O) groups excluding carboxylic acids is 1. The van der Waals surface area contributed by atoms with Gasteiger partial charge in [0.25, 0.3) is 5.91 Å². The van der Waals surface area contributed by atoms with Crippen molar-refractivity contribution in [3.05, 3.63) is 41.5 Å². The van der Waals surface area contributed by atoms with Crippen LogP contribution in [0.4, 0.5) is 5.69 Å². The van der Waals surface area contributed by atoms with E-state index in [2.05, 4.69) is 10.1 Å². The van der Waals surface area contributed by atoms with E-state index in [-0.39, 0.29) is 5.91 Å². The molecular formula is C15H21N5O. The molecule has 0 aliphatic rings. The Bertz CT molecular complexity index is 620. The number of amides is 1. The summed E-state index contributed by atoms with van der Waals surface area (Å²) in [5.41, 5.74) is 8.59. The second-order valence-electron chi connectivity index (χ2n) is 4.83. The maximum Gasteiger partial charge on any atom is 0.274 e. The van der Waals surface area contributed by atoms with E-state index in [0.717, 1.165) is 11.4 Å². The fraction of sp³-hybridized carbons (Fsp3) is 0.400. The number of nitrogens with zero attached hydrogens (tertiary/aromatic N) is 4. The fourth-order valence-corrected chi connectivity index (χ4v) is 2.27. The van der Waals surface area contributed by atoms with Crippen LogP contribution < -0.4 is 5.73 Å². The van der Waals surface area contributed by atoms with Crippen LogP contribution in [-0.2, 0) is 20.0 Å². The van der Waals surface area contributed by atoms with Gasteiger partial charge in [-0.05, 0) is 25.5 Å². The van der Waals surface area contributed by atoms with Crippen LogP contribution in [-0.4, -0.2) is 32.1 Å². The molecule has 0 saturated carbocycles. The van der Waals surface area contributed by atoms with Gasteiger partial charge in [-0.15, -0.1) is 0 Å². The highest BCUT2D eigenvalue weighted by Crippen LogP contribution is 2.19. The summed E-state index contributed by atoms with van der Waals surface area (Å²) in [6.45, 7) is 4.95. The van der Waals surface area contributed by atoms with E-state index in [9.17, 15) is 4.79 Å². The number of aryl methyl sites for hydroxylation is 2. The zero-order valence-corrected chi connectivity index (χ0v) is 12.7. The Morgan fingerprint density at radius 2 is 2.14 bits per heavy atom. The number of carbonyl (C=O) groups is 1. The number of nitrogens with two attached hydrogens (primary N) is 1. The molecule has 2 N–H and O–H groups in total. The molecule has 0 aliphatic carbocycles. The Hall–Kier alpha value is -2.37. The molecule has 2 rings (SSSR count). The van der Waals surface area contributed by atoms with Gasteiger partial charge in [0.15, 0.2) is 0 Å². The van der Waals surface area contributed by atoms with Crippen molar-refractivity contribution < 1.29 is 4.79 Å². The lowest BCUT2D eigenvalue weighted by Crippen LogP contribution is -2.32. The van der Waals surface area contributed by atoms with Crippen LogP contribution in [0.2, 0.25) is 0 Å². The Labute approximate surface area is 124 Å². The Morgan fingerprint density at radius 1 is 1.38 bits per heavy atom. The maximum absolute atomic E-state index is 12.7. The Kier molecular flexibility index (Phi) is 4.57. The first kappa shape index (κ1) is 15.0. The number of pyridine rings is 1. The molecular weight excluding hydrogens is 266 g/mol. The average Bonchev–Trinajstić information content (AvgIpc) is 2.79. The molecule has 0 fully saturated rings. The zero-order chi connectivity index (χ0) is 15.4. The van der Waals surface area contributed by atoms with Crippen LogP contribution in [0, 0.1) is 0 Å². The molecule has 0 aliphatic heterocycles. The highest BCUT2D eigenvalue weighted by atomic mass is 16.2. The van der Waals surface area contributed by atoms with Gasteiger partial charge in [-0.25, -0.2) is 0 Å². The van der Waals surface area contributed by atoms with E-state index < -0.39 is 0 Å². The van der Waals surface area contributed by atoms with Crippen LogP contribution in [0.1, 0.15) is 35.7 Å². The molecule has 0 spiro atoms. The van der Waals surface area contributed by atoms with Crippen molar-refractivity contribution in [3.8, 4) is 0 Å². The molecule has 0 bridgehead atoms. The first-order chi connectivity index (χ1) is 10.1. The number of nitrogen functional groups attached to an aromatic ring is 1. The molecule has 6 nitrogen and oxygen atoms in total. The number of rotatable bonds is 5. The molecule has 0 aromatic carbocycles. The van der Waals surface area contributed by atoms with Gasteiger partial charge in [-0.1, -0.05) is 13.0 Å². The maximum atomic E-state index is 12.7. The van der Waals surface area contributed by atoms with E-state index in [1.807, 2.05) is 32.0 Å². The summed E-state index contributed by atoms with van der Waals surface area (Å²) in [6, 6.07) is 5.67. The van der Waals surface area contributed by atoms with Gasteiger partial charge in [-0.2, -0.15) is 5.10 Å². The second kappa shape index (κ2) is 6.39. The lowest BCUT2D eigenvalue weighted by molar-refractivity contribution is 0.0740. The van der Waals surface area contributed by atoms with Gasteiger partial charge >= 0.3 is 0 Å². The minimum Gasteiger partial charge on any atom is -0.395 e. The summed E-state index contributed by atoms with van der Waals surface area (Å²) in [5.74, 6) is -0.115. The molecule has 2 aromatic heterocycles. The first-order valence-corrected chi connectivity index (χ1v) is 7.09. The molecule has 0 atom stereocenters. The zero-order valence-electron chi connectivity index (χ0n) is 12.7. The number of anilines is 1. The predicted molar refractivity (Wildman–Crippen MR) is 81.6 cm³/mol. The number of hydrogen-bond acceptors (Lipinski definition) is 4. The minimum atomic E-state index is -0.115. The monoisotopic (exact) mass is 287 g/mol. The third kappa shape index (κ3) is 3.04. The highest BCUT2D eigenvalue weighted by Gasteiger charge is 2.23. The molecule has 21 heavy (non-hydrogen) atoms. The second-order valence-corrected chi connectivity index (χ2v) is 4.83. The summed E-state index contributed by atoms with van der Waals surface area (Å²) in [7, 11) is 1.75. The van der Waals surface area contributed by atoms with Crippen molar-refractivity contribution in [1.82, 2.24) is 19.7 Å². The third-order valence-corrected chi connectivity index (χ3v) is 3.45. The first-order valence-electron chi connectivity index (χ1n) is 7.09. The fourth-order valence-electron chi connectivity index (χ4n) is 2.27. The topological polar surface area (TPSA) is 77.0 Å². The molecule has 1 amide bonds. The average molecular weight is 287 g/mol. The van der Waals surface area contributed by atoms with E-state index in [4.69, 9.17) is 5.73 Å². The van der Waals surface area contributed by atoms with Gasteiger partial charge in [0.05, 0.1) is 23.6 Å². The lowest BCUT2D eigenvalue weighted by atomic mass is 10.2. The van der Waals surface area contributed by atoms with Crippen LogP contribution in [0.15, 0.2) is 24.4 Å². The van der Waals surface area contributed by atoms with Crippen molar-refractivity contribution >= 4 is 11.6 Å².